The van der Waals surface area contributed by atoms with Gasteiger partial charge in [-0.3, -0.25) is 9.59 Å². The van der Waals surface area contributed by atoms with Crippen LogP contribution in [0, 0.1) is 0 Å². The van der Waals surface area contributed by atoms with Crippen molar-refractivity contribution in [3.63, 3.8) is 0 Å². The molecule has 0 rings (SSSR count). The molecule has 0 aromatic carbocycles. The van der Waals surface area contributed by atoms with Gasteiger partial charge in [-0.15, -0.1) is 0 Å². The van der Waals surface area contributed by atoms with Crippen molar-refractivity contribution in [3.05, 3.63) is 85.1 Å². The van der Waals surface area contributed by atoms with Crippen LogP contribution in [0.2, 0.25) is 0 Å². The van der Waals surface area contributed by atoms with Gasteiger partial charge in [0, 0.05) is 12.8 Å². The van der Waals surface area contributed by atoms with Crippen LogP contribution in [-0.2, 0) is 33.3 Å². The molecule has 81 heavy (non-hydrogen) atoms. The van der Waals surface area contributed by atoms with Gasteiger partial charge in [0.1, 0.15) is 13.2 Å². The number of ether oxygens (including phenoxy) is 4. The first-order chi connectivity index (χ1) is 39.6. The third-order valence-electron chi connectivity index (χ3n) is 14.6. The number of hydrogen-bond donors (Lipinski definition) is 1. The Morgan fingerprint density at radius 3 is 1.05 bits per heavy atom. The highest BCUT2D eigenvalue weighted by Gasteiger charge is 2.25. The fraction of sp³-hybridized carbons (Fsp3) is 0.764. The maximum atomic E-state index is 12.9. The lowest BCUT2D eigenvalue weighted by atomic mass is 10.0. The molecule has 0 fully saturated rings. The van der Waals surface area contributed by atoms with Crippen molar-refractivity contribution < 1.29 is 42.9 Å². The lowest BCUT2D eigenvalue weighted by Gasteiger charge is -2.25. The van der Waals surface area contributed by atoms with E-state index in [1.807, 2.05) is 21.1 Å². The molecule has 0 aromatic heterocycles. The van der Waals surface area contributed by atoms with Gasteiger partial charge in [0.05, 0.1) is 34.4 Å². The minimum atomic E-state index is -1.51. The number of quaternary nitrogens is 1. The van der Waals surface area contributed by atoms with Crippen molar-refractivity contribution in [2.45, 2.75) is 309 Å². The molecule has 2 atom stereocenters. The van der Waals surface area contributed by atoms with E-state index in [0.29, 0.717) is 17.4 Å². The van der Waals surface area contributed by atoms with Crippen molar-refractivity contribution in [2.75, 3.05) is 47.5 Å². The van der Waals surface area contributed by atoms with Crippen LogP contribution >= 0.6 is 0 Å². The second-order valence-corrected chi connectivity index (χ2v) is 23.7. The highest BCUT2D eigenvalue weighted by atomic mass is 16.7. The highest BCUT2D eigenvalue weighted by molar-refractivity contribution is 5.71. The molecule has 0 saturated heterocycles. The lowest BCUT2D eigenvalue weighted by molar-refractivity contribution is -0.870. The molecule has 0 aliphatic heterocycles. The predicted molar refractivity (Wildman–Crippen MR) is 346 cm³/mol. The number of carbonyl (C=O) groups is 3. The normalized spacial score (nSPS) is 13.2. The summed E-state index contributed by atoms with van der Waals surface area (Å²) in [5, 5.41) is 9.74. The third kappa shape index (κ3) is 63.9. The molecule has 0 aliphatic rings. The number of carboxylic acids is 1. The number of carbonyl (C=O) groups excluding carboxylic acids is 2. The monoisotopic (exact) mass is 1130 g/mol. The summed E-state index contributed by atoms with van der Waals surface area (Å²) in [4.78, 5) is 37.6. The highest BCUT2D eigenvalue weighted by Crippen LogP contribution is 2.17. The summed E-state index contributed by atoms with van der Waals surface area (Å²) >= 11 is 0. The van der Waals surface area contributed by atoms with E-state index in [-0.39, 0.29) is 32.2 Å². The average Bonchev–Trinajstić information content (AvgIpc) is 3.44. The Morgan fingerprint density at radius 1 is 0.383 bits per heavy atom. The molecule has 9 nitrogen and oxygen atoms in total. The Morgan fingerprint density at radius 2 is 0.704 bits per heavy atom. The summed E-state index contributed by atoms with van der Waals surface area (Å²) < 4.78 is 23.0. The Balaban J connectivity index is 4.14. The Kier molecular flexibility index (Phi) is 59.8. The van der Waals surface area contributed by atoms with E-state index in [0.717, 1.165) is 77.0 Å². The van der Waals surface area contributed by atoms with Crippen LogP contribution in [0.4, 0.5) is 0 Å². The largest absolute Gasteiger partial charge is 0.477 e. The molecule has 0 aromatic rings. The van der Waals surface area contributed by atoms with E-state index in [1.165, 1.54) is 193 Å². The fourth-order valence-corrected chi connectivity index (χ4v) is 9.48. The number of esters is 2. The molecule has 468 valence electrons. The standard InChI is InChI=1S/C72H127NO8/c1-6-8-10-12-14-16-18-20-22-24-26-28-30-32-34-35-37-39-41-43-45-47-49-51-53-55-57-59-61-63-70(75)81-68(67-80-72(71(76)77)78-65-64-73(3,4)5)66-79-69(74)62-60-58-56-54-52-50-48-46-44-42-40-38-36-33-31-29-27-25-23-21-19-17-15-13-11-9-7-2/h8,10,14,16,19-22,25-28,31,33,68,72H,6-7,9,11-13,15,17-18,23-24,29-30,32,34-67H2,1-5H3/p+1/b10-8-,16-14-,21-19-,22-20-,27-25-,28-26-,33-31-. The summed E-state index contributed by atoms with van der Waals surface area (Å²) in [6.07, 6.45) is 81.1. The fourth-order valence-electron chi connectivity index (χ4n) is 9.48. The van der Waals surface area contributed by atoms with Gasteiger partial charge in [-0.2, -0.15) is 0 Å². The van der Waals surface area contributed by atoms with Gasteiger partial charge in [0.2, 0.25) is 0 Å². The summed E-state index contributed by atoms with van der Waals surface area (Å²) in [7, 11) is 5.98. The quantitative estimate of drug-likeness (QED) is 0.0211. The Hall–Kier alpha value is -3.53. The van der Waals surface area contributed by atoms with E-state index in [1.54, 1.807) is 0 Å². The van der Waals surface area contributed by atoms with Crippen LogP contribution < -0.4 is 0 Å². The molecule has 1 N–H and O–H groups in total. The van der Waals surface area contributed by atoms with Gasteiger partial charge in [0.25, 0.3) is 6.29 Å². The van der Waals surface area contributed by atoms with Gasteiger partial charge in [-0.1, -0.05) is 279 Å². The molecule has 0 heterocycles. The summed E-state index contributed by atoms with van der Waals surface area (Å²) in [6, 6.07) is 0. The van der Waals surface area contributed by atoms with Crippen molar-refractivity contribution in [2.24, 2.45) is 0 Å². The maximum absolute atomic E-state index is 12.9. The first-order valence-electron chi connectivity index (χ1n) is 33.8. The van der Waals surface area contributed by atoms with Gasteiger partial charge >= 0.3 is 17.9 Å². The Labute approximate surface area is 500 Å². The molecular weight excluding hydrogens is 1010 g/mol. The number of carboxylic acid groups (broad SMARTS) is 1. The molecule has 2 unspecified atom stereocenters. The molecule has 9 heteroatoms. The molecule has 0 spiro atoms. The zero-order valence-corrected chi connectivity index (χ0v) is 53.4. The molecule has 0 radical (unpaired) electrons. The van der Waals surface area contributed by atoms with Crippen LogP contribution in [0.3, 0.4) is 0 Å². The second kappa shape index (κ2) is 62.5. The van der Waals surface area contributed by atoms with Crippen LogP contribution in [-0.4, -0.2) is 87.4 Å². The van der Waals surface area contributed by atoms with Crippen molar-refractivity contribution in [3.8, 4) is 0 Å². The lowest BCUT2D eigenvalue weighted by Crippen LogP contribution is -2.40. The average molecular weight is 1140 g/mol. The predicted octanol–water partition coefficient (Wildman–Crippen LogP) is 20.7. The number of nitrogens with zero attached hydrogens (tertiary/aromatic N) is 1. The van der Waals surface area contributed by atoms with Crippen molar-refractivity contribution in [1.29, 1.82) is 0 Å². The molecule has 0 saturated carbocycles. The van der Waals surface area contributed by atoms with Crippen molar-refractivity contribution in [1.82, 2.24) is 0 Å². The number of rotatable bonds is 62. The van der Waals surface area contributed by atoms with E-state index in [9.17, 15) is 19.5 Å². The first-order valence-corrected chi connectivity index (χ1v) is 33.8. The third-order valence-corrected chi connectivity index (χ3v) is 14.6. The topological polar surface area (TPSA) is 108 Å². The Bertz CT molecular complexity index is 1600. The molecular formula is C72H128NO8+. The maximum Gasteiger partial charge on any atom is 0.361 e. The zero-order valence-electron chi connectivity index (χ0n) is 53.4. The molecule has 0 amide bonds. The van der Waals surface area contributed by atoms with E-state index in [4.69, 9.17) is 18.9 Å². The van der Waals surface area contributed by atoms with Gasteiger partial charge < -0.3 is 28.5 Å². The number of hydrogen-bond acceptors (Lipinski definition) is 7. The van der Waals surface area contributed by atoms with Gasteiger partial charge in [-0.05, 0) is 89.9 Å². The summed E-state index contributed by atoms with van der Waals surface area (Å²) in [5.41, 5.74) is 0. The van der Waals surface area contributed by atoms with E-state index >= 15 is 0 Å². The summed E-state index contributed by atoms with van der Waals surface area (Å²) in [6.45, 7) is 4.78. The van der Waals surface area contributed by atoms with Crippen LogP contribution in [0.5, 0.6) is 0 Å². The van der Waals surface area contributed by atoms with Gasteiger partial charge in [-0.25, -0.2) is 4.79 Å². The molecule has 0 bridgehead atoms. The summed E-state index contributed by atoms with van der Waals surface area (Å²) in [5.74, 6) is -2.00. The second-order valence-electron chi connectivity index (χ2n) is 23.7. The first kappa shape index (κ1) is 77.5. The van der Waals surface area contributed by atoms with Crippen LogP contribution in [0.1, 0.15) is 296 Å². The van der Waals surface area contributed by atoms with Crippen LogP contribution in [0.15, 0.2) is 85.1 Å². The SMILES string of the molecule is CC/C=C\C/C=C\C/C=C\C/C=C\CCCCCCCCCCCCCCCCCCC(=O)OC(COC(=O)CCCCCCCCCCCCCC/C=C\C/C=C\C/C=C\CCCCCCC)COC(OCC[N+](C)(C)C)C(=O)O. The van der Waals surface area contributed by atoms with E-state index in [2.05, 4.69) is 98.9 Å². The number of allylic oxidation sites excluding steroid dienone is 14. The molecule has 0 aliphatic carbocycles. The van der Waals surface area contributed by atoms with Crippen LogP contribution in [0.25, 0.3) is 0 Å². The van der Waals surface area contributed by atoms with Crippen molar-refractivity contribution >= 4 is 17.9 Å². The van der Waals surface area contributed by atoms with Gasteiger partial charge in [0.15, 0.2) is 6.10 Å². The minimum Gasteiger partial charge on any atom is -0.477 e. The number of aliphatic carboxylic acids is 1. The smallest absolute Gasteiger partial charge is 0.361 e. The minimum absolute atomic E-state index is 0.184. The number of unbranched alkanes of at least 4 members (excludes halogenated alkanes) is 33. The van der Waals surface area contributed by atoms with E-state index < -0.39 is 24.3 Å². The zero-order chi connectivity index (χ0) is 59.1. The number of likely N-dealkylation sites (N-methyl/N-ethyl adjacent to an activating group) is 1.